The normalized spacial score (nSPS) is 10.8. The summed E-state index contributed by atoms with van der Waals surface area (Å²) < 4.78 is 4.68. The van der Waals surface area contributed by atoms with Crippen LogP contribution in [0.3, 0.4) is 0 Å². The van der Waals surface area contributed by atoms with Gasteiger partial charge >= 0.3 is 5.97 Å². The Hall–Kier alpha value is -2.37. The van der Waals surface area contributed by atoms with Crippen molar-refractivity contribution < 1.29 is 9.53 Å². The number of hydrogen-bond donors (Lipinski definition) is 1. The zero-order chi connectivity index (χ0) is 14.9. The van der Waals surface area contributed by atoms with E-state index in [-0.39, 0.29) is 11.6 Å². The number of carbonyl (C=O) groups is 1. The van der Waals surface area contributed by atoms with Gasteiger partial charge in [0.25, 0.3) is 5.56 Å². The van der Waals surface area contributed by atoms with Gasteiger partial charge in [0.05, 0.1) is 23.7 Å². The molecule has 0 spiro atoms. The van der Waals surface area contributed by atoms with Crippen LogP contribution < -0.4 is 10.5 Å². The van der Waals surface area contributed by atoms with Crippen molar-refractivity contribution in [2.75, 3.05) is 19.1 Å². The summed E-state index contributed by atoms with van der Waals surface area (Å²) >= 11 is 0. The maximum atomic E-state index is 12.0. The molecule has 0 saturated heterocycles. The van der Waals surface area contributed by atoms with Crippen molar-refractivity contribution in [2.45, 2.75) is 19.9 Å². The summed E-state index contributed by atoms with van der Waals surface area (Å²) in [7, 11) is 3.13. The first-order chi connectivity index (χ1) is 9.43. The van der Waals surface area contributed by atoms with Crippen LogP contribution in [0.1, 0.15) is 24.2 Å². The molecule has 0 atom stereocenters. The lowest BCUT2D eigenvalue weighted by Gasteiger charge is -2.21. The van der Waals surface area contributed by atoms with Crippen LogP contribution in [0.25, 0.3) is 11.0 Å². The first kappa shape index (κ1) is 14.0. The number of hydrogen-bond acceptors (Lipinski definition) is 5. The van der Waals surface area contributed by atoms with Crippen LogP contribution in [-0.2, 0) is 4.74 Å². The fourth-order valence-corrected chi connectivity index (χ4v) is 1.80. The van der Waals surface area contributed by atoms with Crippen molar-refractivity contribution in [3.8, 4) is 0 Å². The van der Waals surface area contributed by atoms with Crippen molar-refractivity contribution in [3.05, 3.63) is 34.1 Å². The molecular formula is C14H17N3O3. The molecule has 1 heterocycles. The van der Waals surface area contributed by atoms with Crippen LogP contribution in [0, 0.1) is 0 Å². The van der Waals surface area contributed by atoms with Crippen LogP contribution >= 0.6 is 0 Å². The predicted molar refractivity (Wildman–Crippen MR) is 77.2 cm³/mol. The zero-order valence-corrected chi connectivity index (χ0v) is 11.9. The molecule has 6 heteroatoms. The van der Waals surface area contributed by atoms with Crippen LogP contribution in [0.2, 0.25) is 0 Å². The van der Waals surface area contributed by atoms with Gasteiger partial charge in [-0.05, 0) is 32.0 Å². The number of carbonyl (C=O) groups excluding carboxylic acids is 1. The monoisotopic (exact) mass is 275 g/mol. The van der Waals surface area contributed by atoms with Gasteiger partial charge in [-0.3, -0.25) is 4.79 Å². The summed E-state index contributed by atoms with van der Waals surface area (Å²) in [4.78, 5) is 32.4. The van der Waals surface area contributed by atoms with E-state index in [1.54, 1.807) is 30.1 Å². The van der Waals surface area contributed by atoms with Gasteiger partial charge in [0.15, 0.2) is 5.82 Å². The van der Waals surface area contributed by atoms with Crippen molar-refractivity contribution in [3.63, 3.8) is 0 Å². The molecule has 0 amide bonds. The zero-order valence-electron chi connectivity index (χ0n) is 11.9. The molecule has 6 nitrogen and oxygen atoms in total. The Kier molecular flexibility index (Phi) is 3.74. The molecular weight excluding hydrogens is 258 g/mol. The lowest BCUT2D eigenvalue weighted by atomic mass is 10.2. The number of H-pyrrole nitrogens is 1. The average Bonchev–Trinajstić information content (AvgIpc) is 2.44. The fraction of sp³-hybridized carbons (Fsp3) is 0.357. The van der Waals surface area contributed by atoms with Crippen molar-refractivity contribution >= 4 is 22.8 Å². The van der Waals surface area contributed by atoms with E-state index in [9.17, 15) is 9.59 Å². The Morgan fingerprint density at radius 1 is 1.40 bits per heavy atom. The Bertz CT molecular complexity index is 706. The summed E-state index contributed by atoms with van der Waals surface area (Å²) in [5.74, 6) is -0.104. The molecule has 0 aliphatic heterocycles. The highest BCUT2D eigenvalue weighted by molar-refractivity contribution is 5.93. The van der Waals surface area contributed by atoms with Crippen molar-refractivity contribution in [2.24, 2.45) is 0 Å². The maximum absolute atomic E-state index is 12.0. The van der Waals surface area contributed by atoms with Gasteiger partial charge in [-0.1, -0.05) is 0 Å². The number of rotatable bonds is 3. The summed E-state index contributed by atoms with van der Waals surface area (Å²) in [6, 6.07) is 4.99. The van der Waals surface area contributed by atoms with Crippen LogP contribution in [0.4, 0.5) is 5.82 Å². The number of ether oxygens (including phenoxy) is 1. The van der Waals surface area contributed by atoms with E-state index < -0.39 is 5.97 Å². The third-order valence-electron chi connectivity index (χ3n) is 3.21. The molecule has 20 heavy (non-hydrogen) atoms. The van der Waals surface area contributed by atoms with Crippen molar-refractivity contribution in [1.82, 2.24) is 9.97 Å². The minimum absolute atomic E-state index is 0.143. The molecule has 0 radical (unpaired) electrons. The molecule has 1 aromatic heterocycles. The second-order valence-corrected chi connectivity index (χ2v) is 4.82. The van der Waals surface area contributed by atoms with E-state index in [1.165, 1.54) is 7.11 Å². The van der Waals surface area contributed by atoms with E-state index >= 15 is 0 Å². The first-order valence-corrected chi connectivity index (χ1v) is 6.29. The molecule has 1 N–H and O–H groups in total. The van der Waals surface area contributed by atoms with E-state index in [2.05, 4.69) is 14.7 Å². The van der Waals surface area contributed by atoms with Crippen molar-refractivity contribution in [1.29, 1.82) is 0 Å². The second kappa shape index (κ2) is 5.32. The molecule has 2 rings (SSSR count). The standard InChI is InChI=1S/C14H17N3O3/c1-8(2)17(3)12-13(18)16-10-6-5-9(14(19)20-4)7-11(10)15-12/h5-8H,1-4H3,(H,16,18). The number of aromatic nitrogens is 2. The topological polar surface area (TPSA) is 75.3 Å². The summed E-state index contributed by atoms with van der Waals surface area (Å²) in [6.45, 7) is 3.94. The lowest BCUT2D eigenvalue weighted by Crippen LogP contribution is -2.32. The Balaban J connectivity index is 2.60. The molecule has 0 aliphatic carbocycles. The van der Waals surface area contributed by atoms with Crippen LogP contribution in [-0.4, -0.2) is 36.1 Å². The van der Waals surface area contributed by atoms with E-state index in [1.807, 2.05) is 13.8 Å². The maximum Gasteiger partial charge on any atom is 0.337 e. The largest absolute Gasteiger partial charge is 0.465 e. The SMILES string of the molecule is COC(=O)c1ccc2[nH]c(=O)c(N(C)C(C)C)nc2c1. The Morgan fingerprint density at radius 2 is 2.10 bits per heavy atom. The van der Waals surface area contributed by atoms with Crippen LogP contribution in [0.15, 0.2) is 23.0 Å². The minimum atomic E-state index is -0.432. The van der Waals surface area contributed by atoms with E-state index in [0.29, 0.717) is 22.4 Å². The molecule has 0 fully saturated rings. The number of benzene rings is 1. The highest BCUT2D eigenvalue weighted by atomic mass is 16.5. The Morgan fingerprint density at radius 3 is 2.70 bits per heavy atom. The molecule has 1 aromatic carbocycles. The number of nitrogens with one attached hydrogen (secondary N) is 1. The predicted octanol–water partition coefficient (Wildman–Crippen LogP) is 1.55. The smallest absolute Gasteiger partial charge is 0.337 e. The summed E-state index contributed by atoms with van der Waals surface area (Å²) in [5.41, 5.74) is 1.29. The molecule has 0 saturated carbocycles. The average molecular weight is 275 g/mol. The highest BCUT2D eigenvalue weighted by Gasteiger charge is 2.13. The highest BCUT2D eigenvalue weighted by Crippen LogP contribution is 2.15. The van der Waals surface area contributed by atoms with Gasteiger partial charge in [0.1, 0.15) is 0 Å². The van der Waals surface area contributed by atoms with E-state index in [0.717, 1.165) is 0 Å². The molecule has 0 unspecified atom stereocenters. The molecule has 106 valence electrons. The molecule has 2 aromatic rings. The number of esters is 1. The fourth-order valence-electron chi connectivity index (χ4n) is 1.80. The summed E-state index contributed by atoms with van der Waals surface area (Å²) in [5, 5.41) is 0. The number of nitrogens with zero attached hydrogens (tertiary/aromatic N) is 2. The third-order valence-corrected chi connectivity index (χ3v) is 3.21. The second-order valence-electron chi connectivity index (χ2n) is 4.82. The number of fused-ring (bicyclic) bond motifs is 1. The van der Waals surface area contributed by atoms with Gasteiger partial charge in [0.2, 0.25) is 0 Å². The quantitative estimate of drug-likeness (QED) is 0.860. The summed E-state index contributed by atoms with van der Waals surface area (Å²) in [6.07, 6.45) is 0. The number of anilines is 1. The molecule has 0 bridgehead atoms. The van der Waals surface area contributed by atoms with Crippen LogP contribution in [0.5, 0.6) is 0 Å². The van der Waals surface area contributed by atoms with Gasteiger partial charge in [-0.15, -0.1) is 0 Å². The van der Waals surface area contributed by atoms with E-state index in [4.69, 9.17) is 0 Å². The van der Waals surface area contributed by atoms with Gasteiger partial charge in [-0.2, -0.15) is 0 Å². The van der Waals surface area contributed by atoms with Gasteiger partial charge in [-0.25, -0.2) is 9.78 Å². The first-order valence-electron chi connectivity index (χ1n) is 6.29. The molecule has 0 aliphatic rings. The number of methoxy groups -OCH3 is 1. The van der Waals surface area contributed by atoms with Gasteiger partial charge < -0.3 is 14.6 Å². The minimum Gasteiger partial charge on any atom is -0.465 e. The third kappa shape index (κ3) is 2.49. The van der Waals surface area contributed by atoms with Gasteiger partial charge in [0, 0.05) is 13.1 Å². The number of aromatic amines is 1. The Labute approximate surface area is 116 Å². The lowest BCUT2D eigenvalue weighted by molar-refractivity contribution is 0.0601.